The van der Waals surface area contributed by atoms with Gasteiger partial charge in [-0.2, -0.15) is 5.10 Å². The van der Waals surface area contributed by atoms with Crippen molar-refractivity contribution in [2.45, 2.75) is 0 Å². The maximum atomic E-state index is 11.9. The monoisotopic (exact) mass is 256 g/mol. The topological polar surface area (TPSA) is 80.0 Å². The van der Waals surface area contributed by atoms with Crippen molar-refractivity contribution < 1.29 is 9.90 Å². The van der Waals surface area contributed by atoms with E-state index in [0.717, 1.165) is 0 Å². The second kappa shape index (κ2) is 5.80. The number of amides is 1. The molecule has 0 aromatic carbocycles. The molecule has 0 radical (unpaired) electrons. The van der Waals surface area contributed by atoms with Crippen molar-refractivity contribution in [2.75, 3.05) is 11.9 Å². The van der Waals surface area contributed by atoms with Crippen LogP contribution >= 0.6 is 0 Å². The first-order valence-corrected chi connectivity index (χ1v) is 5.57. The zero-order chi connectivity index (χ0) is 13.7. The third-order valence-electron chi connectivity index (χ3n) is 2.34. The number of rotatable bonds is 2. The fourth-order valence-electron chi connectivity index (χ4n) is 1.48. The second-order valence-corrected chi connectivity index (χ2v) is 3.66. The molecular weight excluding hydrogens is 244 g/mol. The molecule has 0 saturated heterocycles. The van der Waals surface area contributed by atoms with Crippen molar-refractivity contribution in [1.82, 2.24) is 14.8 Å². The van der Waals surface area contributed by atoms with Gasteiger partial charge in [0.2, 0.25) is 0 Å². The van der Waals surface area contributed by atoms with Crippen LogP contribution in [0.1, 0.15) is 16.2 Å². The molecule has 0 spiro atoms. The number of carbonyl (C=O) groups is 1. The Kier molecular flexibility index (Phi) is 3.90. The molecule has 2 rings (SSSR count). The van der Waals surface area contributed by atoms with E-state index in [2.05, 4.69) is 27.2 Å². The molecule has 2 aromatic heterocycles. The Labute approximate surface area is 110 Å². The largest absolute Gasteiger partial charge is 0.384 e. The van der Waals surface area contributed by atoms with E-state index in [1.807, 2.05) is 0 Å². The molecule has 0 atom stereocenters. The van der Waals surface area contributed by atoms with Gasteiger partial charge in [0, 0.05) is 13.2 Å². The lowest BCUT2D eigenvalue weighted by molar-refractivity contribution is 0.101. The standard InChI is InChI=1S/C13H12N4O2/c1-17-11(7-8-14-17)13(19)16-12-6-2-4-10(15-12)5-3-9-18/h2,4,6-8,18H,9H2,1H3,(H,15,16,19). The molecule has 96 valence electrons. The Balaban J connectivity index is 2.15. The average Bonchev–Trinajstić information content (AvgIpc) is 2.83. The van der Waals surface area contributed by atoms with Gasteiger partial charge in [-0.1, -0.05) is 12.0 Å². The number of nitrogens with zero attached hydrogens (tertiary/aromatic N) is 3. The van der Waals surface area contributed by atoms with Crippen molar-refractivity contribution in [3.8, 4) is 11.8 Å². The molecule has 0 bridgehead atoms. The summed E-state index contributed by atoms with van der Waals surface area (Å²) in [6, 6.07) is 6.71. The van der Waals surface area contributed by atoms with Crippen LogP contribution < -0.4 is 5.32 Å². The molecule has 0 aliphatic rings. The Bertz CT molecular complexity index is 652. The van der Waals surface area contributed by atoms with Crippen molar-refractivity contribution >= 4 is 11.7 Å². The fraction of sp³-hybridized carbons (Fsp3) is 0.154. The Morgan fingerprint density at radius 2 is 2.32 bits per heavy atom. The fourth-order valence-corrected chi connectivity index (χ4v) is 1.48. The van der Waals surface area contributed by atoms with Gasteiger partial charge in [0.25, 0.3) is 5.91 Å². The summed E-state index contributed by atoms with van der Waals surface area (Å²) in [5.41, 5.74) is 0.922. The van der Waals surface area contributed by atoms with E-state index < -0.39 is 0 Å². The molecule has 2 aromatic rings. The van der Waals surface area contributed by atoms with E-state index >= 15 is 0 Å². The third kappa shape index (κ3) is 3.18. The highest BCUT2D eigenvalue weighted by Gasteiger charge is 2.10. The molecule has 0 aliphatic heterocycles. The minimum atomic E-state index is -0.292. The average molecular weight is 256 g/mol. The zero-order valence-corrected chi connectivity index (χ0v) is 10.3. The number of aliphatic hydroxyl groups is 1. The van der Waals surface area contributed by atoms with Crippen LogP contribution in [-0.2, 0) is 7.05 Å². The van der Waals surface area contributed by atoms with E-state index in [0.29, 0.717) is 17.2 Å². The summed E-state index contributed by atoms with van der Waals surface area (Å²) in [6.45, 7) is -0.229. The van der Waals surface area contributed by atoms with Crippen molar-refractivity contribution in [3.05, 3.63) is 41.9 Å². The smallest absolute Gasteiger partial charge is 0.275 e. The predicted octanol–water partition coefficient (Wildman–Crippen LogP) is 0.411. The molecule has 0 unspecified atom stereocenters. The Morgan fingerprint density at radius 3 is 3.00 bits per heavy atom. The summed E-state index contributed by atoms with van der Waals surface area (Å²) in [5.74, 6) is 5.28. The van der Waals surface area contributed by atoms with Crippen molar-refractivity contribution in [3.63, 3.8) is 0 Å². The normalized spacial score (nSPS) is 9.58. The van der Waals surface area contributed by atoms with E-state index in [1.165, 1.54) is 4.68 Å². The lowest BCUT2D eigenvalue weighted by Gasteiger charge is -2.04. The number of hydrogen-bond donors (Lipinski definition) is 2. The van der Waals surface area contributed by atoms with Gasteiger partial charge < -0.3 is 10.4 Å². The summed E-state index contributed by atoms with van der Waals surface area (Å²) in [5, 5.41) is 15.2. The van der Waals surface area contributed by atoms with Crippen LogP contribution in [0.4, 0.5) is 5.82 Å². The van der Waals surface area contributed by atoms with Crippen LogP contribution in [0.5, 0.6) is 0 Å². The summed E-state index contributed by atoms with van der Waals surface area (Å²) in [7, 11) is 1.69. The first kappa shape index (κ1) is 12.8. The highest BCUT2D eigenvalue weighted by molar-refractivity contribution is 6.02. The Morgan fingerprint density at radius 1 is 1.47 bits per heavy atom. The summed E-state index contributed by atoms with van der Waals surface area (Å²) < 4.78 is 1.48. The zero-order valence-electron chi connectivity index (χ0n) is 10.3. The number of hydrogen-bond acceptors (Lipinski definition) is 4. The lowest BCUT2D eigenvalue weighted by Crippen LogP contribution is -2.16. The highest BCUT2D eigenvalue weighted by Crippen LogP contribution is 2.06. The Hall–Kier alpha value is -2.65. The van der Waals surface area contributed by atoms with Crippen LogP contribution in [0.2, 0.25) is 0 Å². The molecule has 1 amide bonds. The maximum absolute atomic E-state index is 11.9. The number of pyridine rings is 1. The minimum Gasteiger partial charge on any atom is -0.384 e. The van der Waals surface area contributed by atoms with Crippen LogP contribution in [0.15, 0.2) is 30.5 Å². The number of aryl methyl sites for hydroxylation is 1. The number of aliphatic hydroxyl groups excluding tert-OH is 1. The van der Waals surface area contributed by atoms with Gasteiger partial charge in [0.1, 0.15) is 23.8 Å². The van der Waals surface area contributed by atoms with E-state index in [1.54, 1.807) is 37.5 Å². The molecule has 0 aliphatic carbocycles. The summed E-state index contributed by atoms with van der Waals surface area (Å²) >= 11 is 0. The van der Waals surface area contributed by atoms with E-state index in [4.69, 9.17) is 5.11 Å². The van der Waals surface area contributed by atoms with Gasteiger partial charge in [-0.05, 0) is 24.1 Å². The van der Waals surface area contributed by atoms with Crippen LogP contribution in [-0.4, -0.2) is 32.4 Å². The van der Waals surface area contributed by atoms with Gasteiger partial charge in [0.05, 0.1) is 0 Å². The maximum Gasteiger partial charge on any atom is 0.275 e. The van der Waals surface area contributed by atoms with Crippen molar-refractivity contribution in [1.29, 1.82) is 0 Å². The van der Waals surface area contributed by atoms with Gasteiger partial charge in [-0.3, -0.25) is 9.48 Å². The number of carbonyl (C=O) groups excluding carboxylic acids is 1. The van der Waals surface area contributed by atoms with E-state index in [-0.39, 0.29) is 12.5 Å². The van der Waals surface area contributed by atoms with E-state index in [9.17, 15) is 4.79 Å². The first-order chi connectivity index (χ1) is 9.20. The third-order valence-corrected chi connectivity index (χ3v) is 2.34. The molecule has 6 heteroatoms. The quantitative estimate of drug-likeness (QED) is 0.763. The highest BCUT2D eigenvalue weighted by atomic mass is 16.2. The first-order valence-electron chi connectivity index (χ1n) is 5.57. The second-order valence-electron chi connectivity index (χ2n) is 3.66. The number of aromatic nitrogens is 3. The van der Waals surface area contributed by atoms with Crippen LogP contribution in [0, 0.1) is 11.8 Å². The molecular formula is C13H12N4O2. The van der Waals surface area contributed by atoms with Gasteiger partial charge in [-0.15, -0.1) is 0 Å². The predicted molar refractivity (Wildman–Crippen MR) is 69.4 cm³/mol. The van der Waals surface area contributed by atoms with Crippen LogP contribution in [0.3, 0.4) is 0 Å². The van der Waals surface area contributed by atoms with Crippen molar-refractivity contribution in [2.24, 2.45) is 7.05 Å². The minimum absolute atomic E-state index is 0.229. The summed E-state index contributed by atoms with van der Waals surface area (Å²) in [4.78, 5) is 16.1. The van der Waals surface area contributed by atoms with Gasteiger partial charge >= 0.3 is 0 Å². The lowest BCUT2D eigenvalue weighted by atomic mass is 10.3. The summed E-state index contributed by atoms with van der Waals surface area (Å²) in [6.07, 6.45) is 1.55. The number of anilines is 1. The molecule has 2 N–H and O–H groups in total. The molecule has 0 fully saturated rings. The molecule has 0 saturated carbocycles. The van der Waals surface area contributed by atoms with Crippen LogP contribution in [0.25, 0.3) is 0 Å². The number of nitrogens with one attached hydrogen (secondary N) is 1. The molecule has 2 heterocycles. The van der Waals surface area contributed by atoms with Gasteiger partial charge in [-0.25, -0.2) is 4.98 Å². The molecule has 6 nitrogen and oxygen atoms in total. The SMILES string of the molecule is Cn1nccc1C(=O)Nc1cccc(C#CCO)n1. The molecule has 19 heavy (non-hydrogen) atoms. The van der Waals surface area contributed by atoms with Gasteiger partial charge in [0.15, 0.2) is 0 Å².